The molecule has 2 aromatic rings. The van der Waals surface area contributed by atoms with Crippen molar-refractivity contribution in [1.29, 1.82) is 0 Å². The van der Waals surface area contributed by atoms with Crippen LogP contribution in [0.2, 0.25) is 0 Å². The van der Waals surface area contributed by atoms with Gasteiger partial charge in [0.2, 0.25) is 5.91 Å². The molecule has 2 aliphatic heterocycles. The Labute approximate surface area is 164 Å². The first-order valence-corrected chi connectivity index (χ1v) is 9.76. The number of amides is 1. The van der Waals surface area contributed by atoms with Gasteiger partial charge in [-0.2, -0.15) is 5.10 Å². The number of hydrogen-bond donors (Lipinski definition) is 2. The fourth-order valence-corrected chi connectivity index (χ4v) is 4.67. The number of piperidine rings is 1. The molecule has 2 fully saturated rings. The molecule has 1 atom stereocenters. The van der Waals surface area contributed by atoms with Crippen LogP contribution in [-0.4, -0.2) is 50.3 Å². The molecule has 148 valence electrons. The standard InChI is InChI=1S/C21H26N4O3/c1-14-11-15(2)25(23-14)18-6-4-3-5-16(18)13-24-9-7-21(8-10-24)17(20(27)28)12-19(26)22-21/h3-6,11,17H,7-10,12-13H2,1-2H3,(H,22,26)(H,27,28). The van der Waals surface area contributed by atoms with E-state index in [2.05, 4.69) is 40.4 Å². The van der Waals surface area contributed by atoms with E-state index in [-0.39, 0.29) is 12.3 Å². The largest absolute Gasteiger partial charge is 0.481 e. The van der Waals surface area contributed by atoms with Crippen molar-refractivity contribution in [3.8, 4) is 5.69 Å². The van der Waals surface area contributed by atoms with Gasteiger partial charge in [0.25, 0.3) is 0 Å². The molecule has 1 aromatic heterocycles. The Morgan fingerprint density at radius 3 is 2.64 bits per heavy atom. The third kappa shape index (κ3) is 3.30. The molecule has 0 saturated carbocycles. The summed E-state index contributed by atoms with van der Waals surface area (Å²) in [4.78, 5) is 25.8. The zero-order chi connectivity index (χ0) is 19.9. The summed E-state index contributed by atoms with van der Waals surface area (Å²) in [5.41, 5.74) is 3.76. The van der Waals surface area contributed by atoms with Crippen LogP contribution in [0.3, 0.4) is 0 Å². The zero-order valence-electron chi connectivity index (χ0n) is 16.3. The second kappa shape index (κ2) is 7.05. The molecule has 7 nitrogen and oxygen atoms in total. The van der Waals surface area contributed by atoms with Gasteiger partial charge in [0.15, 0.2) is 0 Å². The van der Waals surface area contributed by atoms with Gasteiger partial charge in [-0.05, 0) is 44.4 Å². The average Bonchev–Trinajstić information content (AvgIpc) is 3.16. The van der Waals surface area contributed by atoms with Crippen LogP contribution in [0, 0.1) is 19.8 Å². The number of carbonyl (C=O) groups is 2. The number of benzene rings is 1. The highest BCUT2D eigenvalue weighted by atomic mass is 16.4. The number of aryl methyl sites for hydroxylation is 2. The summed E-state index contributed by atoms with van der Waals surface area (Å²) in [6.07, 6.45) is 1.42. The summed E-state index contributed by atoms with van der Waals surface area (Å²) in [6, 6.07) is 10.3. The highest BCUT2D eigenvalue weighted by molar-refractivity contribution is 5.88. The highest BCUT2D eigenvalue weighted by Crippen LogP contribution is 2.37. The molecule has 2 aliphatic rings. The van der Waals surface area contributed by atoms with Crippen LogP contribution in [0.4, 0.5) is 0 Å². The van der Waals surface area contributed by atoms with Gasteiger partial charge in [-0.15, -0.1) is 0 Å². The fraction of sp³-hybridized carbons (Fsp3) is 0.476. The van der Waals surface area contributed by atoms with E-state index in [1.54, 1.807) is 0 Å². The number of nitrogens with zero attached hydrogens (tertiary/aromatic N) is 3. The monoisotopic (exact) mass is 382 g/mol. The van der Waals surface area contributed by atoms with E-state index in [4.69, 9.17) is 0 Å². The summed E-state index contributed by atoms with van der Waals surface area (Å²) in [6.45, 7) is 6.34. The smallest absolute Gasteiger partial charge is 0.309 e. The lowest BCUT2D eigenvalue weighted by atomic mass is 9.77. The number of aromatic nitrogens is 2. The molecule has 1 unspecified atom stereocenters. The van der Waals surface area contributed by atoms with Crippen molar-refractivity contribution in [2.24, 2.45) is 5.92 Å². The number of carboxylic acid groups (broad SMARTS) is 1. The molecule has 2 N–H and O–H groups in total. The SMILES string of the molecule is Cc1cc(C)n(-c2ccccc2CN2CCC3(CC2)NC(=O)CC3C(=O)O)n1. The molecule has 1 spiro atoms. The normalized spacial score (nSPS) is 21.8. The Hall–Kier alpha value is -2.67. The first-order valence-electron chi connectivity index (χ1n) is 9.76. The summed E-state index contributed by atoms with van der Waals surface area (Å²) in [7, 11) is 0. The first-order chi connectivity index (χ1) is 13.4. The van der Waals surface area contributed by atoms with Gasteiger partial charge in [-0.1, -0.05) is 18.2 Å². The highest BCUT2D eigenvalue weighted by Gasteiger charge is 2.51. The molecule has 28 heavy (non-hydrogen) atoms. The summed E-state index contributed by atoms with van der Waals surface area (Å²) in [5.74, 6) is -1.64. The number of carbonyl (C=O) groups excluding carboxylic acids is 1. The first kappa shape index (κ1) is 18.7. The molecule has 0 aliphatic carbocycles. The predicted molar refractivity (Wildman–Crippen MR) is 104 cm³/mol. The van der Waals surface area contributed by atoms with Gasteiger partial charge in [0.1, 0.15) is 0 Å². The quantitative estimate of drug-likeness (QED) is 0.845. The van der Waals surface area contributed by atoms with Crippen molar-refractivity contribution in [1.82, 2.24) is 20.0 Å². The van der Waals surface area contributed by atoms with E-state index in [1.807, 2.05) is 23.7 Å². The van der Waals surface area contributed by atoms with Crippen molar-refractivity contribution < 1.29 is 14.7 Å². The lowest BCUT2D eigenvalue weighted by molar-refractivity contribution is -0.144. The molecule has 1 amide bonds. The minimum atomic E-state index is -0.873. The molecule has 4 rings (SSSR count). The molecule has 0 radical (unpaired) electrons. The Kier molecular flexibility index (Phi) is 4.71. The maximum absolute atomic E-state index is 11.8. The molecule has 1 aromatic carbocycles. The van der Waals surface area contributed by atoms with Crippen molar-refractivity contribution >= 4 is 11.9 Å². The maximum Gasteiger partial charge on any atom is 0.309 e. The van der Waals surface area contributed by atoms with Crippen LogP contribution in [0.25, 0.3) is 5.69 Å². The van der Waals surface area contributed by atoms with E-state index in [0.717, 1.165) is 36.7 Å². The predicted octanol–water partition coefficient (Wildman–Crippen LogP) is 2.04. The van der Waals surface area contributed by atoms with Crippen LogP contribution in [-0.2, 0) is 16.1 Å². The van der Waals surface area contributed by atoms with Gasteiger partial charge in [0.05, 0.1) is 22.8 Å². The van der Waals surface area contributed by atoms with E-state index in [0.29, 0.717) is 12.8 Å². The van der Waals surface area contributed by atoms with Gasteiger partial charge < -0.3 is 10.4 Å². The average molecular weight is 382 g/mol. The van der Waals surface area contributed by atoms with Crippen LogP contribution >= 0.6 is 0 Å². The minimum absolute atomic E-state index is 0.0933. The van der Waals surface area contributed by atoms with Crippen molar-refractivity contribution in [2.45, 2.75) is 45.2 Å². The van der Waals surface area contributed by atoms with Crippen molar-refractivity contribution in [3.63, 3.8) is 0 Å². The number of nitrogens with one attached hydrogen (secondary N) is 1. The van der Waals surface area contributed by atoms with E-state index >= 15 is 0 Å². The summed E-state index contributed by atoms with van der Waals surface area (Å²) in [5, 5.41) is 17.1. The van der Waals surface area contributed by atoms with Gasteiger partial charge >= 0.3 is 5.97 Å². The van der Waals surface area contributed by atoms with Crippen LogP contribution in [0.15, 0.2) is 30.3 Å². The topological polar surface area (TPSA) is 87.5 Å². The van der Waals surface area contributed by atoms with Crippen molar-refractivity contribution in [2.75, 3.05) is 13.1 Å². The van der Waals surface area contributed by atoms with E-state index in [9.17, 15) is 14.7 Å². The zero-order valence-corrected chi connectivity index (χ0v) is 16.3. The third-order valence-corrected chi connectivity index (χ3v) is 6.11. The molecule has 2 saturated heterocycles. The van der Waals surface area contributed by atoms with Crippen molar-refractivity contribution in [3.05, 3.63) is 47.3 Å². The lowest BCUT2D eigenvalue weighted by Gasteiger charge is -2.41. The molecule has 3 heterocycles. The Bertz CT molecular complexity index is 912. The number of likely N-dealkylation sites (tertiary alicyclic amines) is 1. The third-order valence-electron chi connectivity index (χ3n) is 6.11. The second-order valence-electron chi connectivity index (χ2n) is 8.04. The lowest BCUT2D eigenvalue weighted by Crippen LogP contribution is -2.55. The number of aliphatic carboxylic acids is 1. The van der Waals surface area contributed by atoms with Crippen LogP contribution in [0.5, 0.6) is 0 Å². The molecular weight excluding hydrogens is 356 g/mol. The Balaban J connectivity index is 1.50. The number of hydrogen-bond acceptors (Lipinski definition) is 4. The molecular formula is C21H26N4O3. The van der Waals surface area contributed by atoms with Gasteiger partial charge in [0, 0.05) is 31.7 Å². The molecule has 0 bridgehead atoms. The fourth-order valence-electron chi connectivity index (χ4n) is 4.67. The maximum atomic E-state index is 11.8. The van der Waals surface area contributed by atoms with E-state index in [1.165, 1.54) is 5.56 Å². The minimum Gasteiger partial charge on any atom is -0.481 e. The van der Waals surface area contributed by atoms with Crippen LogP contribution in [0.1, 0.15) is 36.2 Å². The number of rotatable bonds is 4. The van der Waals surface area contributed by atoms with Crippen LogP contribution < -0.4 is 5.32 Å². The van der Waals surface area contributed by atoms with E-state index < -0.39 is 17.4 Å². The summed E-state index contributed by atoms with van der Waals surface area (Å²) < 4.78 is 1.98. The Morgan fingerprint density at radius 1 is 1.29 bits per heavy atom. The Morgan fingerprint density at radius 2 is 2.00 bits per heavy atom. The van der Waals surface area contributed by atoms with Gasteiger partial charge in [-0.3, -0.25) is 14.5 Å². The second-order valence-corrected chi connectivity index (χ2v) is 8.04. The molecule has 7 heteroatoms. The number of para-hydroxylation sites is 1. The summed E-state index contributed by atoms with van der Waals surface area (Å²) >= 11 is 0. The number of carboxylic acids is 1. The van der Waals surface area contributed by atoms with Gasteiger partial charge in [-0.25, -0.2) is 4.68 Å².